The van der Waals surface area contributed by atoms with Crippen LogP contribution in [0.4, 0.5) is 0 Å². The van der Waals surface area contributed by atoms with E-state index in [0.29, 0.717) is 0 Å². The molecule has 0 bridgehead atoms. The molecule has 0 amide bonds. The van der Waals surface area contributed by atoms with Gasteiger partial charge in [0.05, 0.1) is 21.9 Å². The standard InChI is InChI=1S/C50H30N2OS/c1-2-12-33(13-3-1)52-49-36(18-10-19-40(49)48-38-15-5-8-21-44(38)53-50(48)52)31-24-27-34(28-25-31)51-42-20-7-4-14-37(42)41-30-32(26-29-43(41)51)35-17-11-23-46-47(35)39-16-6-9-22-45(39)54-46/h1-30H. The molecule has 252 valence electrons. The van der Waals surface area contributed by atoms with Crippen molar-refractivity contribution in [1.29, 1.82) is 0 Å². The number of thiophene rings is 1. The van der Waals surface area contributed by atoms with Gasteiger partial charge in [0.15, 0.2) is 0 Å². The summed E-state index contributed by atoms with van der Waals surface area (Å²) in [5, 5.41) is 8.64. The van der Waals surface area contributed by atoms with E-state index in [1.165, 1.54) is 64.1 Å². The number of rotatable bonds is 4. The zero-order valence-electron chi connectivity index (χ0n) is 29.0. The Hall–Kier alpha value is -6.88. The SMILES string of the molecule is c1ccc(-n2c3oc4ccccc4c3c3cccc(-c4ccc(-n5c6ccccc6c6cc(-c7cccc8sc9ccccc9c78)ccc65)cc4)c32)cc1. The lowest BCUT2D eigenvalue weighted by Gasteiger charge is -2.13. The van der Waals surface area contributed by atoms with E-state index in [2.05, 4.69) is 185 Å². The van der Waals surface area contributed by atoms with Crippen LogP contribution in [-0.4, -0.2) is 9.13 Å². The zero-order chi connectivity index (χ0) is 35.3. The third kappa shape index (κ3) is 4.17. The minimum atomic E-state index is 0.870. The van der Waals surface area contributed by atoms with Crippen molar-refractivity contribution in [3.8, 4) is 33.6 Å². The number of benzene rings is 8. The smallest absolute Gasteiger partial charge is 0.213 e. The topological polar surface area (TPSA) is 23.0 Å². The van der Waals surface area contributed by atoms with Gasteiger partial charge in [-0.05, 0) is 77.4 Å². The van der Waals surface area contributed by atoms with Crippen LogP contribution in [0.3, 0.4) is 0 Å². The van der Waals surface area contributed by atoms with E-state index in [9.17, 15) is 0 Å². The quantitative estimate of drug-likeness (QED) is 0.179. The van der Waals surface area contributed by atoms with Crippen molar-refractivity contribution in [1.82, 2.24) is 9.13 Å². The lowest BCUT2D eigenvalue weighted by Crippen LogP contribution is -1.96. The third-order valence-electron chi connectivity index (χ3n) is 11.1. The largest absolute Gasteiger partial charge is 0.439 e. The lowest BCUT2D eigenvalue weighted by atomic mass is 9.98. The molecule has 12 aromatic rings. The fourth-order valence-electron chi connectivity index (χ4n) is 8.82. The van der Waals surface area contributed by atoms with Crippen LogP contribution in [0.5, 0.6) is 0 Å². The van der Waals surface area contributed by atoms with Gasteiger partial charge < -0.3 is 8.98 Å². The van der Waals surface area contributed by atoms with Crippen LogP contribution in [0.2, 0.25) is 0 Å². The normalized spacial score (nSPS) is 12.1. The number of hydrogen-bond donors (Lipinski definition) is 0. The first kappa shape index (κ1) is 29.7. The Morgan fingerprint density at radius 3 is 1.93 bits per heavy atom. The summed E-state index contributed by atoms with van der Waals surface area (Å²) in [7, 11) is 0. The van der Waals surface area contributed by atoms with Crippen molar-refractivity contribution in [3.63, 3.8) is 0 Å². The van der Waals surface area contributed by atoms with Crippen LogP contribution in [0.1, 0.15) is 0 Å². The predicted molar refractivity (Wildman–Crippen MR) is 229 cm³/mol. The summed E-state index contributed by atoms with van der Waals surface area (Å²) in [6, 6.07) is 65.8. The molecule has 3 nitrogen and oxygen atoms in total. The van der Waals surface area contributed by atoms with E-state index in [1.54, 1.807) is 0 Å². The Morgan fingerprint density at radius 2 is 1.04 bits per heavy atom. The van der Waals surface area contributed by atoms with E-state index >= 15 is 0 Å². The molecule has 0 fully saturated rings. The summed E-state index contributed by atoms with van der Waals surface area (Å²) in [6.45, 7) is 0. The summed E-state index contributed by atoms with van der Waals surface area (Å²) in [5.41, 5.74) is 12.4. The second-order valence-corrected chi connectivity index (χ2v) is 15.1. The Kier molecular flexibility index (Phi) is 6.21. The molecule has 54 heavy (non-hydrogen) atoms. The molecule has 0 aliphatic rings. The fraction of sp³-hybridized carbons (Fsp3) is 0. The van der Waals surface area contributed by atoms with Gasteiger partial charge >= 0.3 is 0 Å². The molecule has 4 heteroatoms. The molecule has 12 rings (SSSR count). The van der Waals surface area contributed by atoms with Crippen molar-refractivity contribution >= 4 is 86.3 Å². The minimum absolute atomic E-state index is 0.870. The monoisotopic (exact) mass is 706 g/mol. The number of furan rings is 1. The van der Waals surface area contributed by atoms with Crippen LogP contribution in [0.25, 0.3) is 109 Å². The van der Waals surface area contributed by atoms with Crippen LogP contribution < -0.4 is 0 Å². The van der Waals surface area contributed by atoms with Gasteiger partial charge in [-0.3, -0.25) is 4.57 Å². The molecule has 0 atom stereocenters. The Morgan fingerprint density at radius 1 is 0.389 bits per heavy atom. The fourth-order valence-corrected chi connectivity index (χ4v) is 9.95. The highest BCUT2D eigenvalue weighted by atomic mass is 32.1. The maximum atomic E-state index is 6.60. The van der Waals surface area contributed by atoms with Crippen molar-refractivity contribution in [2.24, 2.45) is 0 Å². The maximum Gasteiger partial charge on any atom is 0.213 e. The molecule has 4 aromatic heterocycles. The molecule has 8 aromatic carbocycles. The average Bonchev–Trinajstić information content (AvgIpc) is 3.98. The van der Waals surface area contributed by atoms with Crippen molar-refractivity contribution in [3.05, 3.63) is 182 Å². The van der Waals surface area contributed by atoms with Crippen molar-refractivity contribution in [2.75, 3.05) is 0 Å². The van der Waals surface area contributed by atoms with E-state index in [4.69, 9.17) is 4.42 Å². The lowest BCUT2D eigenvalue weighted by molar-refractivity contribution is 0.645. The Labute approximate surface area is 314 Å². The molecular formula is C50H30N2OS. The molecule has 0 spiro atoms. The van der Waals surface area contributed by atoms with Crippen LogP contribution >= 0.6 is 11.3 Å². The molecule has 0 unspecified atom stereocenters. The van der Waals surface area contributed by atoms with Gasteiger partial charge in [0.2, 0.25) is 5.71 Å². The third-order valence-corrected chi connectivity index (χ3v) is 12.3. The number of nitrogens with zero attached hydrogens (tertiary/aromatic N) is 2. The second-order valence-electron chi connectivity index (χ2n) is 14.1. The van der Waals surface area contributed by atoms with Gasteiger partial charge in [-0.25, -0.2) is 0 Å². The number of para-hydroxylation sites is 4. The molecule has 4 heterocycles. The highest BCUT2D eigenvalue weighted by Gasteiger charge is 2.22. The molecule has 0 saturated carbocycles. The summed E-state index contributed by atoms with van der Waals surface area (Å²) in [5.74, 6) is 0. The van der Waals surface area contributed by atoms with Crippen LogP contribution in [0, 0.1) is 0 Å². The Balaban J connectivity index is 1.03. The molecular weight excluding hydrogens is 677 g/mol. The zero-order valence-corrected chi connectivity index (χ0v) is 29.8. The highest BCUT2D eigenvalue weighted by Crippen LogP contribution is 2.44. The maximum absolute atomic E-state index is 6.60. The van der Waals surface area contributed by atoms with Crippen LogP contribution in [0.15, 0.2) is 186 Å². The number of fused-ring (bicyclic) bond motifs is 11. The van der Waals surface area contributed by atoms with Crippen molar-refractivity contribution in [2.45, 2.75) is 0 Å². The Bertz CT molecular complexity index is 3430. The van der Waals surface area contributed by atoms with E-state index in [1.807, 2.05) is 17.4 Å². The molecule has 0 N–H and O–H groups in total. The van der Waals surface area contributed by atoms with Gasteiger partial charge in [0.25, 0.3) is 0 Å². The predicted octanol–water partition coefficient (Wildman–Crippen LogP) is 14.3. The van der Waals surface area contributed by atoms with Crippen LogP contribution in [-0.2, 0) is 0 Å². The first-order valence-corrected chi connectivity index (χ1v) is 19.2. The van der Waals surface area contributed by atoms with Gasteiger partial charge in [0.1, 0.15) is 5.58 Å². The van der Waals surface area contributed by atoms with E-state index in [-0.39, 0.29) is 0 Å². The average molecular weight is 707 g/mol. The summed E-state index contributed by atoms with van der Waals surface area (Å²) < 4.78 is 13.9. The first-order valence-electron chi connectivity index (χ1n) is 18.3. The first-order chi connectivity index (χ1) is 26.8. The van der Waals surface area contributed by atoms with Crippen molar-refractivity contribution < 1.29 is 4.42 Å². The van der Waals surface area contributed by atoms with Gasteiger partial charge in [-0.1, -0.05) is 121 Å². The summed E-state index contributed by atoms with van der Waals surface area (Å²) in [6.07, 6.45) is 0. The second kappa shape index (κ2) is 11.3. The van der Waals surface area contributed by atoms with Gasteiger partial charge in [0, 0.05) is 58.7 Å². The molecule has 0 aliphatic heterocycles. The van der Waals surface area contributed by atoms with Gasteiger partial charge in [-0.15, -0.1) is 11.3 Å². The summed E-state index contributed by atoms with van der Waals surface area (Å²) in [4.78, 5) is 0. The van der Waals surface area contributed by atoms with E-state index < -0.39 is 0 Å². The number of aromatic nitrogens is 2. The minimum Gasteiger partial charge on any atom is -0.439 e. The highest BCUT2D eigenvalue weighted by molar-refractivity contribution is 7.25. The molecule has 0 radical (unpaired) electrons. The number of hydrogen-bond acceptors (Lipinski definition) is 2. The van der Waals surface area contributed by atoms with Gasteiger partial charge in [-0.2, -0.15) is 0 Å². The van der Waals surface area contributed by atoms with E-state index in [0.717, 1.165) is 44.5 Å². The molecule has 0 aliphatic carbocycles. The molecule has 0 saturated heterocycles. The summed E-state index contributed by atoms with van der Waals surface area (Å²) >= 11 is 1.87.